The molecule has 20 heavy (non-hydrogen) atoms. The predicted octanol–water partition coefficient (Wildman–Crippen LogP) is 1.80. The highest BCUT2D eigenvalue weighted by Crippen LogP contribution is 2.33. The van der Waals surface area contributed by atoms with Crippen molar-refractivity contribution in [3.05, 3.63) is 10.6 Å². The fourth-order valence-electron chi connectivity index (χ4n) is 2.81. The van der Waals surface area contributed by atoms with Crippen molar-refractivity contribution in [1.82, 2.24) is 10.3 Å². The standard InChI is InChI=1S/C13H19N3O3S/c1-7-4-3-5-13(6-7,11(18)19)16-10(17)9-8(2)15-12(14)20-9/h7H,3-6H2,1-2H3,(H2,14,15)(H,16,17)(H,18,19). The van der Waals surface area contributed by atoms with Crippen LogP contribution < -0.4 is 11.1 Å². The fourth-order valence-corrected chi connectivity index (χ4v) is 3.54. The summed E-state index contributed by atoms with van der Waals surface area (Å²) in [4.78, 5) is 28.3. The van der Waals surface area contributed by atoms with Gasteiger partial charge in [-0.3, -0.25) is 4.79 Å². The summed E-state index contributed by atoms with van der Waals surface area (Å²) in [5.41, 5.74) is 4.95. The number of aliphatic carboxylic acids is 1. The number of carbonyl (C=O) groups is 2. The summed E-state index contributed by atoms with van der Waals surface area (Å²) in [6.45, 7) is 3.71. The molecule has 1 heterocycles. The number of hydrogen-bond donors (Lipinski definition) is 3. The molecule has 0 bridgehead atoms. The largest absolute Gasteiger partial charge is 0.480 e. The van der Waals surface area contributed by atoms with Crippen LogP contribution in [-0.4, -0.2) is 27.5 Å². The van der Waals surface area contributed by atoms with Crippen LogP contribution in [0, 0.1) is 12.8 Å². The third-order valence-electron chi connectivity index (χ3n) is 3.78. The molecule has 7 heteroatoms. The van der Waals surface area contributed by atoms with Crippen LogP contribution in [0.15, 0.2) is 0 Å². The van der Waals surface area contributed by atoms with E-state index in [4.69, 9.17) is 5.73 Å². The quantitative estimate of drug-likeness (QED) is 0.789. The molecule has 1 amide bonds. The molecule has 1 aromatic heterocycles. The molecular formula is C13H19N3O3S. The van der Waals surface area contributed by atoms with Crippen molar-refractivity contribution < 1.29 is 14.7 Å². The molecule has 4 N–H and O–H groups in total. The molecule has 1 aliphatic carbocycles. The topological polar surface area (TPSA) is 105 Å². The molecule has 0 aromatic carbocycles. The number of nitrogen functional groups attached to an aromatic ring is 1. The Kier molecular flexibility index (Phi) is 3.99. The number of hydrogen-bond acceptors (Lipinski definition) is 5. The van der Waals surface area contributed by atoms with E-state index in [9.17, 15) is 14.7 Å². The van der Waals surface area contributed by atoms with Gasteiger partial charge in [0.2, 0.25) is 0 Å². The molecule has 2 atom stereocenters. The molecule has 0 aliphatic heterocycles. The van der Waals surface area contributed by atoms with Gasteiger partial charge in [0.1, 0.15) is 10.4 Å². The molecule has 0 saturated heterocycles. The van der Waals surface area contributed by atoms with Gasteiger partial charge >= 0.3 is 5.97 Å². The van der Waals surface area contributed by atoms with Crippen molar-refractivity contribution in [2.24, 2.45) is 5.92 Å². The number of nitrogens with one attached hydrogen (secondary N) is 1. The van der Waals surface area contributed by atoms with Crippen LogP contribution in [0.2, 0.25) is 0 Å². The van der Waals surface area contributed by atoms with Gasteiger partial charge in [0.15, 0.2) is 5.13 Å². The maximum absolute atomic E-state index is 12.3. The molecule has 2 rings (SSSR count). The first-order chi connectivity index (χ1) is 9.34. The molecule has 110 valence electrons. The van der Waals surface area contributed by atoms with Crippen LogP contribution in [0.1, 0.15) is 48.0 Å². The smallest absolute Gasteiger partial charge is 0.329 e. The zero-order chi connectivity index (χ0) is 14.9. The molecule has 2 unspecified atom stereocenters. The van der Waals surface area contributed by atoms with Gasteiger partial charge in [-0.05, 0) is 25.7 Å². The van der Waals surface area contributed by atoms with Gasteiger partial charge in [-0.2, -0.15) is 0 Å². The lowest BCUT2D eigenvalue weighted by atomic mass is 9.76. The zero-order valence-corrected chi connectivity index (χ0v) is 12.4. The summed E-state index contributed by atoms with van der Waals surface area (Å²) in [5.74, 6) is -1.08. The van der Waals surface area contributed by atoms with Crippen LogP contribution >= 0.6 is 11.3 Å². The lowest BCUT2D eigenvalue weighted by Gasteiger charge is -2.36. The molecule has 0 radical (unpaired) electrons. The number of aryl methyl sites for hydroxylation is 1. The summed E-state index contributed by atoms with van der Waals surface area (Å²) >= 11 is 1.08. The summed E-state index contributed by atoms with van der Waals surface area (Å²) < 4.78 is 0. The zero-order valence-electron chi connectivity index (χ0n) is 11.6. The van der Waals surface area contributed by atoms with E-state index in [0.29, 0.717) is 28.5 Å². The van der Waals surface area contributed by atoms with E-state index in [0.717, 1.165) is 24.2 Å². The Labute approximate surface area is 121 Å². The summed E-state index contributed by atoms with van der Waals surface area (Å²) in [5, 5.41) is 12.5. The van der Waals surface area contributed by atoms with Crippen molar-refractivity contribution in [3.63, 3.8) is 0 Å². The van der Waals surface area contributed by atoms with Gasteiger partial charge < -0.3 is 16.2 Å². The molecule has 1 aromatic rings. The van der Waals surface area contributed by atoms with Gasteiger partial charge in [-0.25, -0.2) is 9.78 Å². The van der Waals surface area contributed by atoms with Crippen molar-refractivity contribution >= 4 is 28.3 Å². The summed E-state index contributed by atoms with van der Waals surface area (Å²) in [6, 6.07) is 0. The number of thiazole rings is 1. The highest BCUT2D eigenvalue weighted by molar-refractivity contribution is 7.17. The Bertz CT molecular complexity index is 543. The second kappa shape index (κ2) is 5.40. The average Bonchev–Trinajstić information content (AvgIpc) is 2.68. The molecule has 0 spiro atoms. The van der Waals surface area contributed by atoms with Crippen LogP contribution in [0.4, 0.5) is 5.13 Å². The first-order valence-electron chi connectivity index (χ1n) is 6.63. The number of amides is 1. The third kappa shape index (κ3) is 2.77. The van der Waals surface area contributed by atoms with Gasteiger partial charge in [0.25, 0.3) is 5.91 Å². The van der Waals surface area contributed by atoms with E-state index in [2.05, 4.69) is 10.3 Å². The van der Waals surface area contributed by atoms with Gasteiger partial charge in [-0.15, -0.1) is 0 Å². The maximum atomic E-state index is 12.3. The number of carboxylic acid groups (broad SMARTS) is 1. The SMILES string of the molecule is Cc1nc(N)sc1C(=O)NC1(C(=O)O)CCCC(C)C1. The average molecular weight is 297 g/mol. The maximum Gasteiger partial charge on any atom is 0.329 e. The molecule has 1 fully saturated rings. The first-order valence-corrected chi connectivity index (χ1v) is 7.44. The minimum atomic E-state index is -1.17. The van der Waals surface area contributed by atoms with E-state index >= 15 is 0 Å². The normalized spacial score (nSPS) is 26.2. The van der Waals surface area contributed by atoms with Crippen molar-refractivity contribution in [2.45, 2.75) is 45.1 Å². The Morgan fingerprint density at radius 2 is 2.25 bits per heavy atom. The van der Waals surface area contributed by atoms with Gasteiger partial charge in [0.05, 0.1) is 5.69 Å². The van der Waals surface area contributed by atoms with E-state index < -0.39 is 17.4 Å². The molecular weight excluding hydrogens is 278 g/mol. The highest BCUT2D eigenvalue weighted by atomic mass is 32.1. The van der Waals surface area contributed by atoms with E-state index in [-0.39, 0.29) is 5.92 Å². The Morgan fingerprint density at radius 1 is 1.55 bits per heavy atom. The van der Waals surface area contributed by atoms with Crippen LogP contribution in [-0.2, 0) is 4.79 Å². The Morgan fingerprint density at radius 3 is 2.75 bits per heavy atom. The van der Waals surface area contributed by atoms with Crippen molar-refractivity contribution in [1.29, 1.82) is 0 Å². The van der Waals surface area contributed by atoms with Gasteiger partial charge in [-0.1, -0.05) is 31.1 Å². The van der Waals surface area contributed by atoms with E-state index in [1.54, 1.807) is 6.92 Å². The lowest BCUT2D eigenvalue weighted by Crippen LogP contribution is -2.56. The number of anilines is 1. The van der Waals surface area contributed by atoms with Crippen molar-refractivity contribution in [3.8, 4) is 0 Å². The number of carboxylic acids is 1. The second-order valence-corrected chi connectivity index (χ2v) is 6.54. The molecule has 1 saturated carbocycles. The molecule has 6 nitrogen and oxygen atoms in total. The van der Waals surface area contributed by atoms with Crippen LogP contribution in [0.25, 0.3) is 0 Å². The summed E-state index contributed by atoms with van der Waals surface area (Å²) in [6.07, 6.45) is 2.72. The van der Waals surface area contributed by atoms with Crippen LogP contribution in [0.3, 0.4) is 0 Å². The minimum absolute atomic E-state index is 0.285. The fraction of sp³-hybridized carbons (Fsp3) is 0.615. The highest BCUT2D eigenvalue weighted by Gasteiger charge is 2.43. The number of nitrogens with zero attached hydrogens (tertiary/aromatic N) is 1. The number of nitrogens with two attached hydrogens (primary N) is 1. The molecule has 1 aliphatic rings. The van der Waals surface area contributed by atoms with Gasteiger partial charge in [0, 0.05) is 0 Å². The van der Waals surface area contributed by atoms with Crippen molar-refractivity contribution in [2.75, 3.05) is 5.73 Å². The van der Waals surface area contributed by atoms with E-state index in [1.807, 2.05) is 6.92 Å². The lowest BCUT2D eigenvalue weighted by molar-refractivity contribution is -0.146. The van der Waals surface area contributed by atoms with E-state index in [1.165, 1.54) is 0 Å². The Hall–Kier alpha value is -1.63. The monoisotopic (exact) mass is 297 g/mol. The Balaban J connectivity index is 2.22. The van der Waals surface area contributed by atoms with Crippen LogP contribution in [0.5, 0.6) is 0 Å². The third-order valence-corrected chi connectivity index (χ3v) is 4.76. The summed E-state index contributed by atoms with van der Waals surface area (Å²) in [7, 11) is 0. The number of aromatic nitrogens is 1. The minimum Gasteiger partial charge on any atom is -0.480 e. The number of carbonyl (C=O) groups excluding carboxylic acids is 1. The second-order valence-electron chi connectivity index (χ2n) is 5.51. The predicted molar refractivity (Wildman–Crippen MR) is 76.7 cm³/mol. The number of rotatable bonds is 3. The first kappa shape index (κ1) is 14.8.